The number of aromatic nitrogens is 6. The van der Waals surface area contributed by atoms with Gasteiger partial charge in [0.25, 0.3) is 11.5 Å². The van der Waals surface area contributed by atoms with Crippen molar-refractivity contribution in [1.82, 2.24) is 34.7 Å². The number of benzene rings is 2. The number of amides is 1. The lowest BCUT2D eigenvalue weighted by molar-refractivity contribution is 0.0941. The van der Waals surface area contributed by atoms with Gasteiger partial charge in [0, 0.05) is 35.5 Å². The average molecular weight is 515 g/mol. The number of fused-ring (bicyclic) bond motifs is 2. The Morgan fingerprint density at radius 3 is 2.74 bits per heavy atom. The molecule has 0 aliphatic heterocycles. The van der Waals surface area contributed by atoms with Crippen molar-refractivity contribution in [2.45, 2.75) is 13.0 Å². The van der Waals surface area contributed by atoms with E-state index in [0.717, 1.165) is 0 Å². The van der Waals surface area contributed by atoms with Crippen LogP contribution in [-0.2, 0) is 0 Å². The molecule has 0 bridgehead atoms. The third kappa shape index (κ3) is 4.28. The topological polar surface area (TPSA) is 136 Å². The molecule has 2 aromatic carbocycles. The number of nitrogens with one attached hydrogen (secondary N) is 2. The molecule has 10 nitrogen and oxygen atoms in total. The van der Waals surface area contributed by atoms with Crippen LogP contribution in [0.4, 0.5) is 5.82 Å². The number of nitrogen functional groups attached to an aromatic ring is 1. The average Bonchev–Trinajstić information content (AvgIpc) is 3.59. The second kappa shape index (κ2) is 9.64. The van der Waals surface area contributed by atoms with Crippen molar-refractivity contribution in [2.75, 3.05) is 5.73 Å². The minimum absolute atomic E-state index is 0.0678. The molecule has 190 valence electrons. The number of para-hydroxylation sites is 1. The number of carbonyl (C=O) groups excluding carboxylic acids is 1. The first kappa shape index (κ1) is 23.7. The Morgan fingerprint density at radius 2 is 1.95 bits per heavy atom. The fourth-order valence-corrected chi connectivity index (χ4v) is 4.57. The van der Waals surface area contributed by atoms with Crippen molar-refractivity contribution in [3.63, 3.8) is 0 Å². The van der Waals surface area contributed by atoms with Crippen LogP contribution in [0.2, 0.25) is 0 Å². The first-order valence-corrected chi connectivity index (χ1v) is 12.2. The molecular formula is C29H22N8O2. The number of nitrogens with two attached hydrogens (primary N) is 1. The molecule has 4 heterocycles. The van der Waals surface area contributed by atoms with Crippen LogP contribution in [0, 0.1) is 11.8 Å². The Kier molecular flexibility index (Phi) is 5.86. The van der Waals surface area contributed by atoms with Crippen LogP contribution >= 0.6 is 0 Å². The van der Waals surface area contributed by atoms with E-state index in [1.165, 1.54) is 4.52 Å². The van der Waals surface area contributed by atoms with Crippen molar-refractivity contribution >= 4 is 28.1 Å². The van der Waals surface area contributed by atoms with Gasteiger partial charge in [-0.3, -0.25) is 19.3 Å². The van der Waals surface area contributed by atoms with E-state index in [0.29, 0.717) is 38.9 Å². The van der Waals surface area contributed by atoms with Gasteiger partial charge in [0.05, 0.1) is 23.2 Å². The number of aromatic amines is 1. The minimum Gasteiger partial charge on any atom is -0.381 e. The minimum atomic E-state index is -0.575. The summed E-state index contributed by atoms with van der Waals surface area (Å²) in [4.78, 5) is 31.7. The standard InChI is InChI=1S/C29H22N8O2/c1-18(34-28(38)25-26(30)35-36-14-6-13-31-27(25)36)23-15-21-8-5-7-20(12-11-19-16-32-33-17-19)24(21)29(39)37(23)22-9-3-2-4-10-22/h2-10,13-18H,1H3,(H2,30,35)(H,32,33)(H,34,38). The van der Waals surface area contributed by atoms with E-state index in [1.807, 2.05) is 61.5 Å². The lowest BCUT2D eigenvalue weighted by atomic mass is 10.0. The number of hydrogen-bond acceptors (Lipinski definition) is 6. The second-order valence-corrected chi connectivity index (χ2v) is 8.90. The zero-order valence-corrected chi connectivity index (χ0v) is 20.8. The monoisotopic (exact) mass is 514 g/mol. The molecule has 0 saturated heterocycles. The Balaban J connectivity index is 1.48. The van der Waals surface area contributed by atoms with Crippen LogP contribution in [0.3, 0.4) is 0 Å². The molecule has 0 aliphatic rings. The summed E-state index contributed by atoms with van der Waals surface area (Å²) in [6, 6.07) is 17.8. The van der Waals surface area contributed by atoms with Crippen LogP contribution in [0.15, 0.2) is 90.2 Å². The van der Waals surface area contributed by atoms with Gasteiger partial charge in [0.15, 0.2) is 11.5 Å². The molecule has 4 aromatic heterocycles. The van der Waals surface area contributed by atoms with Gasteiger partial charge in [-0.1, -0.05) is 42.2 Å². The third-order valence-electron chi connectivity index (χ3n) is 6.37. The van der Waals surface area contributed by atoms with E-state index < -0.39 is 11.9 Å². The SMILES string of the molecule is CC(NC(=O)c1c(N)nn2cccnc12)c1cc2cccc(C#Cc3cn[nH]c3)c2c(=O)n1-c1ccccc1. The number of H-pyrrole nitrogens is 1. The van der Waals surface area contributed by atoms with Crippen molar-refractivity contribution in [3.05, 3.63) is 118 Å². The third-order valence-corrected chi connectivity index (χ3v) is 6.37. The van der Waals surface area contributed by atoms with E-state index >= 15 is 0 Å². The van der Waals surface area contributed by atoms with Crippen molar-refractivity contribution in [1.29, 1.82) is 0 Å². The molecule has 0 aliphatic carbocycles. The molecule has 0 spiro atoms. The Bertz CT molecular complexity index is 1960. The highest BCUT2D eigenvalue weighted by Crippen LogP contribution is 2.24. The maximum atomic E-state index is 14.1. The van der Waals surface area contributed by atoms with Gasteiger partial charge in [-0.25, -0.2) is 9.50 Å². The number of anilines is 1. The quantitative estimate of drug-likeness (QED) is 0.309. The van der Waals surface area contributed by atoms with Crippen LogP contribution in [0.1, 0.15) is 40.1 Å². The first-order valence-electron chi connectivity index (χ1n) is 12.2. The summed E-state index contributed by atoms with van der Waals surface area (Å²) >= 11 is 0. The normalized spacial score (nSPS) is 11.7. The Labute approximate surface area is 222 Å². The maximum absolute atomic E-state index is 14.1. The van der Waals surface area contributed by atoms with Gasteiger partial charge in [-0.15, -0.1) is 5.10 Å². The van der Waals surface area contributed by atoms with Gasteiger partial charge < -0.3 is 11.1 Å². The van der Waals surface area contributed by atoms with Crippen LogP contribution < -0.4 is 16.6 Å². The summed E-state index contributed by atoms with van der Waals surface area (Å²) in [5.74, 6) is 5.78. The second-order valence-electron chi connectivity index (χ2n) is 8.90. The summed E-state index contributed by atoms with van der Waals surface area (Å²) in [7, 11) is 0. The summed E-state index contributed by atoms with van der Waals surface area (Å²) < 4.78 is 3.06. The van der Waals surface area contributed by atoms with Gasteiger partial charge in [-0.2, -0.15) is 5.10 Å². The van der Waals surface area contributed by atoms with Crippen LogP contribution in [0.5, 0.6) is 0 Å². The highest BCUT2D eigenvalue weighted by Gasteiger charge is 2.23. The van der Waals surface area contributed by atoms with Gasteiger partial charge in [0.2, 0.25) is 0 Å². The highest BCUT2D eigenvalue weighted by molar-refractivity contribution is 6.04. The lowest BCUT2D eigenvalue weighted by Crippen LogP contribution is -2.32. The van der Waals surface area contributed by atoms with E-state index in [4.69, 9.17) is 5.73 Å². The van der Waals surface area contributed by atoms with Gasteiger partial charge >= 0.3 is 0 Å². The van der Waals surface area contributed by atoms with Crippen molar-refractivity contribution in [3.8, 4) is 17.5 Å². The fourth-order valence-electron chi connectivity index (χ4n) is 4.57. The molecule has 39 heavy (non-hydrogen) atoms. The molecule has 1 amide bonds. The lowest BCUT2D eigenvalue weighted by Gasteiger charge is -2.21. The van der Waals surface area contributed by atoms with Gasteiger partial charge in [0.1, 0.15) is 5.56 Å². The summed E-state index contributed by atoms with van der Waals surface area (Å²) in [6.07, 6.45) is 6.55. The summed E-state index contributed by atoms with van der Waals surface area (Å²) in [5.41, 5.74) is 8.90. The molecular weight excluding hydrogens is 492 g/mol. The van der Waals surface area contributed by atoms with E-state index in [2.05, 4.69) is 37.4 Å². The largest absolute Gasteiger partial charge is 0.381 e. The number of pyridine rings is 1. The zero-order chi connectivity index (χ0) is 26.9. The molecule has 1 atom stereocenters. The van der Waals surface area contributed by atoms with Crippen LogP contribution in [0.25, 0.3) is 22.1 Å². The van der Waals surface area contributed by atoms with Crippen molar-refractivity contribution in [2.24, 2.45) is 0 Å². The molecule has 6 aromatic rings. The first-order chi connectivity index (χ1) is 19.0. The highest BCUT2D eigenvalue weighted by atomic mass is 16.2. The molecule has 0 radical (unpaired) electrons. The summed E-state index contributed by atoms with van der Waals surface area (Å²) in [5, 5.41) is 15.0. The molecule has 4 N–H and O–H groups in total. The smallest absolute Gasteiger partial charge is 0.264 e. The van der Waals surface area contributed by atoms with E-state index in [1.54, 1.807) is 35.4 Å². The molecule has 10 heteroatoms. The number of nitrogens with zero attached hydrogens (tertiary/aromatic N) is 5. The molecule has 0 fully saturated rings. The maximum Gasteiger partial charge on any atom is 0.264 e. The number of hydrogen-bond donors (Lipinski definition) is 3. The predicted molar refractivity (Wildman–Crippen MR) is 147 cm³/mol. The van der Waals surface area contributed by atoms with E-state index in [9.17, 15) is 9.59 Å². The zero-order valence-electron chi connectivity index (χ0n) is 20.8. The molecule has 6 rings (SSSR count). The number of rotatable bonds is 4. The number of carbonyl (C=O) groups is 1. The van der Waals surface area contributed by atoms with E-state index in [-0.39, 0.29) is 16.9 Å². The molecule has 0 saturated carbocycles. The Morgan fingerprint density at radius 1 is 1.10 bits per heavy atom. The van der Waals surface area contributed by atoms with Crippen molar-refractivity contribution < 1.29 is 4.79 Å². The fraction of sp³-hybridized carbons (Fsp3) is 0.0690. The molecule has 1 unspecified atom stereocenters. The summed E-state index contributed by atoms with van der Waals surface area (Å²) in [6.45, 7) is 1.82. The van der Waals surface area contributed by atoms with Crippen LogP contribution in [-0.4, -0.2) is 35.3 Å². The Hall–Kier alpha value is -5.69. The van der Waals surface area contributed by atoms with Gasteiger partial charge in [-0.05, 0) is 42.6 Å². The predicted octanol–water partition coefficient (Wildman–Crippen LogP) is 3.23.